The summed E-state index contributed by atoms with van der Waals surface area (Å²) in [5.41, 5.74) is 3.35. The van der Waals surface area contributed by atoms with Crippen LogP contribution in [0.5, 0.6) is 0 Å². The molecule has 5 nitrogen and oxygen atoms in total. The van der Waals surface area contributed by atoms with Gasteiger partial charge in [0.25, 0.3) is 5.91 Å². The average Bonchev–Trinajstić information content (AvgIpc) is 3.16. The number of carbonyl (C=O) groups excluding carboxylic acids is 1. The zero-order valence-electron chi connectivity index (χ0n) is 12.8. The Labute approximate surface area is 143 Å². The van der Waals surface area contributed by atoms with Gasteiger partial charge in [-0.15, -0.1) is 0 Å². The van der Waals surface area contributed by atoms with Crippen LogP contribution in [0, 0.1) is 0 Å². The molecule has 1 unspecified atom stereocenters. The summed E-state index contributed by atoms with van der Waals surface area (Å²) >= 11 is 6.24. The van der Waals surface area contributed by atoms with Crippen molar-refractivity contribution in [3.63, 3.8) is 0 Å². The number of nitrogens with one attached hydrogen (secondary N) is 1. The van der Waals surface area contributed by atoms with Crippen molar-refractivity contribution in [2.24, 2.45) is 0 Å². The Hall–Kier alpha value is -2.79. The van der Waals surface area contributed by atoms with Crippen LogP contribution in [0.25, 0.3) is 11.3 Å². The van der Waals surface area contributed by atoms with Crippen LogP contribution in [0.3, 0.4) is 0 Å². The molecule has 5 rings (SSSR count). The zero-order chi connectivity index (χ0) is 16.5. The predicted octanol–water partition coefficient (Wildman–Crippen LogP) is 3.31. The fourth-order valence-electron chi connectivity index (χ4n) is 3.72. The quantitative estimate of drug-likeness (QED) is 0.685. The standard InChI is InChI=1S/C18H13ClN4O/c1-22-16-7-6-11(19)10-13(16)18(17(22)24)21-14-5-3-2-4-12(14)15-8-9-20-23(15)18/h2-10,21H,1H3. The van der Waals surface area contributed by atoms with Crippen LogP contribution in [-0.4, -0.2) is 22.7 Å². The molecule has 118 valence electrons. The summed E-state index contributed by atoms with van der Waals surface area (Å²) in [6, 6.07) is 15.4. The van der Waals surface area contributed by atoms with Crippen LogP contribution in [0.4, 0.5) is 11.4 Å². The monoisotopic (exact) mass is 336 g/mol. The van der Waals surface area contributed by atoms with Crippen molar-refractivity contribution in [1.82, 2.24) is 9.78 Å². The van der Waals surface area contributed by atoms with Gasteiger partial charge in [0.15, 0.2) is 0 Å². The number of hydrogen-bond acceptors (Lipinski definition) is 3. The molecule has 2 aliphatic rings. The van der Waals surface area contributed by atoms with E-state index >= 15 is 0 Å². The lowest BCUT2D eigenvalue weighted by Gasteiger charge is -2.36. The first-order chi connectivity index (χ1) is 11.6. The van der Waals surface area contributed by atoms with Gasteiger partial charge in [-0.05, 0) is 30.3 Å². The topological polar surface area (TPSA) is 50.2 Å². The number of aromatic nitrogens is 2. The molecule has 1 amide bonds. The van der Waals surface area contributed by atoms with Crippen molar-refractivity contribution in [2.75, 3.05) is 17.3 Å². The van der Waals surface area contributed by atoms with Gasteiger partial charge in [0.2, 0.25) is 5.66 Å². The fraction of sp³-hybridized carbons (Fsp3) is 0.111. The fourth-order valence-corrected chi connectivity index (χ4v) is 3.89. The Morgan fingerprint density at radius 2 is 2.00 bits per heavy atom. The molecule has 0 saturated heterocycles. The summed E-state index contributed by atoms with van der Waals surface area (Å²) in [6.45, 7) is 0. The molecule has 0 bridgehead atoms. The molecule has 1 spiro atoms. The number of para-hydroxylation sites is 1. The highest BCUT2D eigenvalue weighted by Gasteiger charge is 2.55. The molecule has 1 atom stereocenters. The normalized spacial score (nSPS) is 20.6. The molecule has 3 aromatic rings. The average molecular weight is 337 g/mol. The summed E-state index contributed by atoms with van der Waals surface area (Å²) in [5, 5.41) is 8.49. The van der Waals surface area contributed by atoms with Gasteiger partial charge in [-0.3, -0.25) is 4.79 Å². The third-order valence-corrected chi connectivity index (χ3v) is 5.04. The Bertz CT molecular complexity index is 1010. The molecule has 2 aromatic carbocycles. The lowest BCUT2D eigenvalue weighted by molar-refractivity contribution is -0.123. The van der Waals surface area contributed by atoms with Gasteiger partial charge >= 0.3 is 0 Å². The smallest absolute Gasteiger partial charge is 0.280 e. The summed E-state index contributed by atoms with van der Waals surface area (Å²) in [4.78, 5) is 14.9. The Balaban J connectivity index is 1.88. The van der Waals surface area contributed by atoms with Crippen LogP contribution in [0.15, 0.2) is 54.7 Å². The van der Waals surface area contributed by atoms with E-state index in [4.69, 9.17) is 11.6 Å². The van der Waals surface area contributed by atoms with Crippen molar-refractivity contribution in [3.8, 4) is 11.3 Å². The van der Waals surface area contributed by atoms with E-state index in [0.717, 1.165) is 28.2 Å². The first-order valence-corrected chi connectivity index (χ1v) is 8.01. The minimum absolute atomic E-state index is 0.0841. The van der Waals surface area contributed by atoms with Crippen molar-refractivity contribution in [1.29, 1.82) is 0 Å². The Morgan fingerprint density at radius 3 is 2.88 bits per heavy atom. The number of hydrogen-bond donors (Lipinski definition) is 1. The number of rotatable bonds is 0. The number of carbonyl (C=O) groups is 1. The van der Waals surface area contributed by atoms with Gasteiger partial charge in [0.1, 0.15) is 0 Å². The predicted molar refractivity (Wildman–Crippen MR) is 93.2 cm³/mol. The highest BCUT2D eigenvalue weighted by Crippen LogP contribution is 2.48. The third kappa shape index (κ3) is 1.45. The lowest BCUT2D eigenvalue weighted by Crippen LogP contribution is -2.53. The van der Waals surface area contributed by atoms with Crippen LogP contribution < -0.4 is 10.2 Å². The molecule has 0 saturated carbocycles. The van der Waals surface area contributed by atoms with Gasteiger partial charge in [-0.25, -0.2) is 4.68 Å². The highest BCUT2D eigenvalue weighted by atomic mass is 35.5. The number of anilines is 2. The zero-order valence-corrected chi connectivity index (χ0v) is 13.6. The second-order valence-electron chi connectivity index (χ2n) is 6.03. The van der Waals surface area contributed by atoms with E-state index in [-0.39, 0.29) is 5.91 Å². The van der Waals surface area contributed by atoms with Crippen LogP contribution in [0.1, 0.15) is 5.56 Å². The van der Waals surface area contributed by atoms with E-state index in [9.17, 15) is 4.79 Å². The van der Waals surface area contributed by atoms with Crippen LogP contribution in [-0.2, 0) is 10.5 Å². The third-order valence-electron chi connectivity index (χ3n) is 4.80. The molecule has 6 heteroatoms. The maximum absolute atomic E-state index is 13.3. The molecule has 0 radical (unpaired) electrons. The van der Waals surface area contributed by atoms with Crippen molar-refractivity contribution < 1.29 is 4.79 Å². The second-order valence-corrected chi connectivity index (χ2v) is 6.47. The van der Waals surface area contributed by atoms with E-state index in [2.05, 4.69) is 10.4 Å². The van der Waals surface area contributed by atoms with Crippen molar-refractivity contribution >= 4 is 28.9 Å². The molecule has 0 aliphatic carbocycles. The maximum atomic E-state index is 13.3. The number of likely N-dealkylation sites (N-methyl/N-ethyl adjacent to an activating group) is 1. The van der Waals surface area contributed by atoms with Gasteiger partial charge in [0, 0.05) is 35.1 Å². The Kier molecular flexibility index (Phi) is 2.49. The number of benzene rings is 2. The summed E-state index contributed by atoms with van der Waals surface area (Å²) < 4.78 is 1.76. The molecule has 1 N–H and O–H groups in total. The lowest BCUT2D eigenvalue weighted by atomic mass is 9.95. The minimum Gasteiger partial charge on any atom is -0.349 e. The second kappa shape index (κ2) is 4.39. The van der Waals surface area contributed by atoms with E-state index in [1.807, 2.05) is 42.5 Å². The van der Waals surface area contributed by atoms with Crippen molar-refractivity contribution in [3.05, 3.63) is 65.3 Å². The van der Waals surface area contributed by atoms with E-state index in [0.29, 0.717) is 5.02 Å². The number of amides is 1. The molecule has 2 aliphatic heterocycles. The Morgan fingerprint density at radius 1 is 1.17 bits per heavy atom. The van der Waals surface area contributed by atoms with Gasteiger partial charge in [-0.1, -0.05) is 29.8 Å². The van der Waals surface area contributed by atoms with Crippen molar-refractivity contribution in [2.45, 2.75) is 5.66 Å². The molecule has 1 aromatic heterocycles. The van der Waals surface area contributed by atoms with Crippen LogP contribution >= 0.6 is 11.6 Å². The largest absolute Gasteiger partial charge is 0.349 e. The molecule has 3 heterocycles. The number of nitrogens with zero attached hydrogens (tertiary/aromatic N) is 3. The first kappa shape index (κ1) is 13.6. The van der Waals surface area contributed by atoms with E-state index < -0.39 is 5.66 Å². The molecular weight excluding hydrogens is 324 g/mol. The van der Waals surface area contributed by atoms with E-state index in [1.165, 1.54) is 0 Å². The van der Waals surface area contributed by atoms with Crippen LogP contribution in [0.2, 0.25) is 5.02 Å². The molecular formula is C18H13ClN4O. The first-order valence-electron chi connectivity index (χ1n) is 7.63. The summed E-state index contributed by atoms with van der Waals surface area (Å²) in [6.07, 6.45) is 1.72. The molecule has 0 fully saturated rings. The number of halogens is 1. The minimum atomic E-state index is -1.11. The van der Waals surface area contributed by atoms with Gasteiger partial charge in [-0.2, -0.15) is 5.10 Å². The maximum Gasteiger partial charge on any atom is 0.280 e. The van der Waals surface area contributed by atoms with E-state index in [1.54, 1.807) is 28.9 Å². The SMILES string of the molecule is CN1C(=O)C2(Nc3ccccc3-c3ccnn32)c2cc(Cl)ccc21. The summed E-state index contributed by atoms with van der Waals surface area (Å²) in [7, 11) is 1.77. The van der Waals surface area contributed by atoms with Gasteiger partial charge < -0.3 is 10.2 Å². The molecule has 24 heavy (non-hydrogen) atoms. The number of fused-ring (bicyclic) bond motifs is 6. The summed E-state index contributed by atoms with van der Waals surface area (Å²) in [5.74, 6) is -0.0841. The highest BCUT2D eigenvalue weighted by molar-refractivity contribution is 6.31. The van der Waals surface area contributed by atoms with Gasteiger partial charge in [0.05, 0.1) is 11.4 Å².